The van der Waals surface area contributed by atoms with Crippen molar-refractivity contribution in [1.29, 1.82) is 0 Å². The molecule has 1 fully saturated rings. The van der Waals surface area contributed by atoms with E-state index in [2.05, 4.69) is 24.1 Å². The Morgan fingerprint density at radius 2 is 1.96 bits per heavy atom. The fourth-order valence-electron chi connectivity index (χ4n) is 3.20. The molecule has 1 N–H and O–H groups in total. The van der Waals surface area contributed by atoms with E-state index < -0.39 is 5.60 Å². The van der Waals surface area contributed by atoms with Crippen LogP contribution in [0.2, 0.25) is 0 Å². The smallest absolute Gasteiger partial charge is 0.256 e. The van der Waals surface area contributed by atoms with E-state index in [9.17, 15) is 4.79 Å². The van der Waals surface area contributed by atoms with Crippen LogP contribution in [0.15, 0.2) is 12.3 Å². The number of nitrogens with zero attached hydrogens (tertiary/aromatic N) is 1. The van der Waals surface area contributed by atoms with E-state index in [-0.39, 0.29) is 5.91 Å². The molecule has 25 heavy (non-hydrogen) atoms. The van der Waals surface area contributed by atoms with Gasteiger partial charge in [0.2, 0.25) is 5.88 Å². The van der Waals surface area contributed by atoms with Gasteiger partial charge < -0.3 is 14.8 Å². The molecule has 0 atom stereocenters. The summed E-state index contributed by atoms with van der Waals surface area (Å²) in [6.45, 7) is 7.44. The molecule has 1 aromatic heterocycles. The molecule has 0 spiro atoms. The number of pyridine rings is 1. The standard InChI is InChI=1S/C20H32N2O3/c1-4-6-13-24-18-16(3)14-17(15-21-18)22-19(23)20(25-12-5-2)10-8-7-9-11-20/h14-15H,4-13H2,1-3H3,(H,22,23). The van der Waals surface area contributed by atoms with Gasteiger partial charge in [0.25, 0.3) is 5.91 Å². The first-order valence-corrected chi connectivity index (χ1v) is 9.66. The Bertz CT molecular complexity index is 554. The van der Waals surface area contributed by atoms with Crippen LogP contribution in [0.25, 0.3) is 0 Å². The largest absolute Gasteiger partial charge is 0.477 e. The van der Waals surface area contributed by atoms with E-state index in [1.807, 2.05) is 13.0 Å². The third kappa shape index (κ3) is 5.43. The number of carbonyl (C=O) groups excluding carboxylic acids is 1. The fourth-order valence-corrected chi connectivity index (χ4v) is 3.20. The molecule has 0 bridgehead atoms. The maximum absolute atomic E-state index is 12.9. The summed E-state index contributed by atoms with van der Waals surface area (Å²) in [6, 6.07) is 1.92. The van der Waals surface area contributed by atoms with Crippen molar-refractivity contribution in [1.82, 2.24) is 4.98 Å². The summed E-state index contributed by atoms with van der Waals surface area (Å²) in [6.07, 6.45) is 9.53. The number of aryl methyl sites for hydroxylation is 1. The van der Waals surface area contributed by atoms with Gasteiger partial charge in [-0.25, -0.2) is 4.98 Å². The van der Waals surface area contributed by atoms with Gasteiger partial charge in [-0.1, -0.05) is 39.5 Å². The quantitative estimate of drug-likeness (QED) is 0.661. The lowest BCUT2D eigenvalue weighted by Gasteiger charge is -2.35. The Kier molecular flexibility index (Phi) is 7.69. The average Bonchev–Trinajstić information content (AvgIpc) is 2.62. The molecule has 1 aliphatic carbocycles. The average molecular weight is 348 g/mol. The van der Waals surface area contributed by atoms with Crippen molar-refractivity contribution in [2.45, 2.75) is 77.7 Å². The summed E-state index contributed by atoms with van der Waals surface area (Å²) in [5, 5.41) is 3.01. The summed E-state index contributed by atoms with van der Waals surface area (Å²) in [4.78, 5) is 17.3. The van der Waals surface area contributed by atoms with Crippen molar-refractivity contribution < 1.29 is 14.3 Å². The van der Waals surface area contributed by atoms with Crippen molar-refractivity contribution in [3.8, 4) is 5.88 Å². The Labute approximate surface area is 151 Å². The predicted octanol–water partition coefficient (Wildman–Crippen LogP) is 4.64. The molecule has 1 aliphatic rings. The van der Waals surface area contributed by atoms with E-state index in [4.69, 9.17) is 9.47 Å². The van der Waals surface area contributed by atoms with Gasteiger partial charge in [0.05, 0.1) is 18.5 Å². The zero-order valence-corrected chi connectivity index (χ0v) is 15.9. The van der Waals surface area contributed by atoms with Gasteiger partial charge in [-0.3, -0.25) is 4.79 Å². The minimum Gasteiger partial charge on any atom is -0.477 e. The molecule has 0 aromatic carbocycles. The first-order chi connectivity index (χ1) is 12.1. The van der Waals surface area contributed by atoms with Gasteiger partial charge in [0.1, 0.15) is 5.60 Å². The van der Waals surface area contributed by atoms with E-state index in [1.54, 1.807) is 6.20 Å². The van der Waals surface area contributed by atoms with Crippen LogP contribution in [0, 0.1) is 6.92 Å². The molecular weight excluding hydrogens is 316 g/mol. The SMILES string of the molecule is CCCCOc1ncc(NC(=O)C2(OCCC)CCCCC2)cc1C. The Morgan fingerprint density at radius 1 is 1.20 bits per heavy atom. The number of hydrogen-bond acceptors (Lipinski definition) is 4. The van der Waals surface area contributed by atoms with Crippen LogP contribution in [0.1, 0.15) is 70.8 Å². The van der Waals surface area contributed by atoms with Crippen molar-refractivity contribution >= 4 is 11.6 Å². The maximum Gasteiger partial charge on any atom is 0.256 e. The number of rotatable bonds is 9. The van der Waals surface area contributed by atoms with Gasteiger partial charge in [0, 0.05) is 12.2 Å². The number of nitrogens with one attached hydrogen (secondary N) is 1. The molecular formula is C20H32N2O3. The number of aromatic nitrogens is 1. The highest BCUT2D eigenvalue weighted by atomic mass is 16.5. The number of anilines is 1. The fraction of sp³-hybridized carbons (Fsp3) is 0.700. The van der Waals surface area contributed by atoms with E-state index in [0.717, 1.165) is 50.5 Å². The summed E-state index contributed by atoms with van der Waals surface area (Å²) >= 11 is 0. The van der Waals surface area contributed by atoms with Gasteiger partial charge in [-0.15, -0.1) is 0 Å². The molecule has 140 valence electrons. The minimum atomic E-state index is -0.682. The lowest BCUT2D eigenvalue weighted by molar-refractivity contribution is -0.146. The minimum absolute atomic E-state index is 0.0403. The number of amides is 1. The zero-order chi connectivity index (χ0) is 18.1. The second-order valence-electron chi connectivity index (χ2n) is 6.91. The number of hydrogen-bond donors (Lipinski definition) is 1. The van der Waals surface area contributed by atoms with Crippen molar-refractivity contribution in [2.24, 2.45) is 0 Å². The van der Waals surface area contributed by atoms with Crippen LogP contribution in [-0.2, 0) is 9.53 Å². The van der Waals surface area contributed by atoms with E-state index in [0.29, 0.717) is 24.8 Å². The first kappa shape index (κ1) is 19.7. The normalized spacial score (nSPS) is 16.4. The summed E-state index contributed by atoms with van der Waals surface area (Å²) < 4.78 is 11.7. The maximum atomic E-state index is 12.9. The van der Waals surface area contributed by atoms with Crippen LogP contribution in [0.3, 0.4) is 0 Å². The topological polar surface area (TPSA) is 60.5 Å². The van der Waals surface area contributed by atoms with Gasteiger partial charge in [-0.2, -0.15) is 0 Å². The highest BCUT2D eigenvalue weighted by Gasteiger charge is 2.40. The van der Waals surface area contributed by atoms with Crippen LogP contribution >= 0.6 is 0 Å². The molecule has 5 nitrogen and oxygen atoms in total. The van der Waals surface area contributed by atoms with Crippen LogP contribution in [0.4, 0.5) is 5.69 Å². The van der Waals surface area contributed by atoms with Crippen molar-refractivity contribution in [3.05, 3.63) is 17.8 Å². The molecule has 1 amide bonds. The molecule has 1 heterocycles. The molecule has 1 saturated carbocycles. The molecule has 0 radical (unpaired) electrons. The van der Waals surface area contributed by atoms with E-state index in [1.165, 1.54) is 6.42 Å². The van der Waals surface area contributed by atoms with Crippen LogP contribution in [0.5, 0.6) is 5.88 Å². The lowest BCUT2D eigenvalue weighted by Crippen LogP contribution is -2.47. The van der Waals surface area contributed by atoms with Gasteiger partial charge >= 0.3 is 0 Å². The third-order valence-electron chi connectivity index (χ3n) is 4.68. The highest BCUT2D eigenvalue weighted by molar-refractivity contribution is 5.97. The molecule has 0 unspecified atom stereocenters. The van der Waals surface area contributed by atoms with Crippen LogP contribution in [-0.4, -0.2) is 29.7 Å². The Balaban J connectivity index is 2.03. The summed E-state index contributed by atoms with van der Waals surface area (Å²) in [5.74, 6) is 0.600. The Hall–Kier alpha value is -1.62. The first-order valence-electron chi connectivity index (χ1n) is 9.66. The molecule has 0 saturated heterocycles. The number of unbranched alkanes of at least 4 members (excludes halogenated alkanes) is 1. The second kappa shape index (κ2) is 9.76. The lowest BCUT2D eigenvalue weighted by atomic mass is 9.83. The van der Waals surface area contributed by atoms with Crippen molar-refractivity contribution in [3.63, 3.8) is 0 Å². The van der Waals surface area contributed by atoms with Crippen molar-refractivity contribution in [2.75, 3.05) is 18.5 Å². The molecule has 0 aliphatic heterocycles. The van der Waals surface area contributed by atoms with Gasteiger partial charge in [0.15, 0.2) is 0 Å². The third-order valence-corrected chi connectivity index (χ3v) is 4.68. The number of carbonyl (C=O) groups is 1. The number of ether oxygens (including phenoxy) is 2. The second-order valence-corrected chi connectivity index (χ2v) is 6.91. The molecule has 2 rings (SSSR count). The molecule has 5 heteroatoms. The zero-order valence-electron chi connectivity index (χ0n) is 15.9. The monoisotopic (exact) mass is 348 g/mol. The predicted molar refractivity (Wildman–Crippen MR) is 100 cm³/mol. The summed E-state index contributed by atoms with van der Waals surface area (Å²) in [5.41, 5.74) is 0.954. The van der Waals surface area contributed by atoms with E-state index >= 15 is 0 Å². The summed E-state index contributed by atoms with van der Waals surface area (Å²) in [7, 11) is 0. The van der Waals surface area contributed by atoms with Crippen LogP contribution < -0.4 is 10.1 Å². The highest BCUT2D eigenvalue weighted by Crippen LogP contribution is 2.33. The Morgan fingerprint density at radius 3 is 2.60 bits per heavy atom. The molecule has 1 aromatic rings. The van der Waals surface area contributed by atoms with Gasteiger partial charge in [-0.05, 0) is 38.7 Å².